The van der Waals surface area contributed by atoms with E-state index in [2.05, 4.69) is 14.7 Å². The summed E-state index contributed by atoms with van der Waals surface area (Å²) in [5.74, 6) is -5.78. The second-order valence-electron chi connectivity index (χ2n) is 3.50. The maximum Gasteiger partial charge on any atom is 0.335 e. The molecule has 0 radical (unpaired) electrons. The molecule has 0 bridgehead atoms. The van der Waals surface area contributed by atoms with Gasteiger partial charge < -0.3 is 4.52 Å². The number of rotatable bonds is 2. The van der Waals surface area contributed by atoms with E-state index in [4.69, 9.17) is 34.8 Å². The molecule has 9 heteroatoms. The highest BCUT2D eigenvalue weighted by molar-refractivity contribution is 6.66. The lowest BCUT2D eigenvalue weighted by atomic mass is 10.1. The summed E-state index contributed by atoms with van der Waals surface area (Å²) in [5.41, 5.74) is -0.509. The molecule has 1 heterocycles. The Morgan fingerprint density at radius 3 is 2.11 bits per heavy atom. The maximum atomic E-state index is 14.0. The average molecular weight is 332 g/mol. The third-order valence-electron chi connectivity index (χ3n) is 2.16. The first kappa shape index (κ1) is 14.4. The highest BCUT2D eigenvalue weighted by atomic mass is 35.6. The monoisotopic (exact) mass is 330 g/mol. The van der Waals surface area contributed by atoms with Crippen LogP contribution in [0.2, 0.25) is 0 Å². The molecule has 19 heavy (non-hydrogen) atoms. The third-order valence-corrected chi connectivity index (χ3v) is 2.64. The summed E-state index contributed by atoms with van der Waals surface area (Å²) in [4.78, 5) is 3.33. The molecule has 0 saturated heterocycles. The average Bonchev–Trinajstić information content (AvgIpc) is 2.79. The molecule has 2 rings (SSSR count). The summed E-state index contributed by atoms with van der Waals surface area (Å²) in [6, 6.07) is 3.58. The number of nitrogens with zero attached hydrogens (tertiary/aromatic N) is 2. The Hall–Kier alpha value is -0.980. The van der Waals surface area contributed by atoms with Gasteiger partial charge in [-0.05, 0) is 24.3 Å². The molecule has 0 aliphatic carbocycles. The number of aromatic nitrogens is 2. The van der Waals surface area contributed by atoms with Gasteiger partial charge in [-0.15, -0.1) is 0 Å². The fourth-order valence-corrected chi connectivity index (χ4v) is 1.48. The standard InChI is InChI=1S/C10H4Cl3F3N2O/c11-10(12,13)8-17-7(18-19-8)9(15,16)5-1-3-6(14)4-2-5/h1-4H. The van der Waals surface area contributed by atoms with Crippen LogP contribution in [-0.4, -0.2) is 10.1 Å². The van der Waals surface area contributed by atoms with Crippen molar-refractivity contribution in [2.75, 3.05) is 0 Å². The number of halogens is 6. The highest BCUT2D eigenvalue weighted by Gasteiger charge is 2.42. The topological polar surface area (TPSA) is 38.9 Å². The smallest absolute Gasteiger partial charge is 0.334 e. The fraction of sp³-hybridized carbons (Fsp3) is 0.200. The number of benzene rings is 1. The van der Waals surface area contributed by atoms with Crippen LogP contribution in [0.15, 0.2) is 28.8 Å². The quantitative estimate of drug-likeness (QED) is 0.775. The van der Waals surface area contributed by atoms with E-state index in [9.17, 15) is 13.2 Å². The largest absolute Gasteiger partial charge is 0.335 e. The molecule has 0 N–H and O–H groups in total. The summed E-state index contributed by atoms with van der Waals surface area (Å²) in [6.45, 7) is 0. The molecule has 102 valence electrons. The van der Waals surface area contributed by atoms with Gasteiger partial charge in [0.2, 0.25) is 5.82 Å². The van der Waals surface area contributed by atoms with Gasteiger partial charge >= 0.3 is 5.92 Å². The minimum absolute atomic E-state index is 0.509. The Labute approximate surface area is 120 Å². The molecule has 0 spiro atoms. The molecule has 0 aliphatic heterocycles. The van der Waals surface area contributed by atoms with Crippen LogP contribution in [0.4, 0.5) is 13.2 Å². The van der Waals surface area contributed by atoms with Crippen molar-refractivity contribution in [2.24, 2.45) is 0 Å². The van der Waals surface area contributed by atoms with Gasteiger partial charge in [-0.3, -0.25) is 0 Å². The molecular formula is C10H4Cl3F3N2O. The SMILES string of the molecule is Fc1ccc(C(F)(F)c2noc(C(Cl)(Cl)Cl)n2)cc1. The van der Waals surface area contributed by atoms with Crippen molar-refractivity contribution in [3.8, 4) is 0 Å². The van der Waals surface area contributed by atoms with Crippen LogP contribution >= 0.6 is 34.8 Å². The summed E-state index contributed by atoms with van der Waals surface area (Å²) in [5, 5.41) is 3.07. The Morgan fingerprint density at radius 2 is 1.63 bits per heavy atom. The van der Waals surface area contributed by atoms with Crippen LogP contribution in [-0.2, 0) is 9.72 Å². The van der Waals surface area contributed by atoms with Crippen molar-refractivity contribution in [2.45, 2.75) is 9.72 Å². The van der Waals surface area contributed by atoms with E-state index in [1.54, 1.807) is 0 Å². The molecule has 0 atom stereocenters. The van der Waals surface area contributed by atoms with Crippen molar-refractivity contribution >= 4 is 34.8 Å². The van der Waals surface area contributed by atoms with Gasteiger partial charge in [-0.1, -0.05) is 40.0 Å². The van der Waals surface area contributed by atoms with E-state index in [-0.39, 0.29) is 0 Å². The summed E-state index contributed by atoms with van der Waals surface area (Å²) in [6.07, 6.45) is 0. The zero-order valence-corrected chi connectivity index (χ0v) is 11.1. The van der Waals surface area contributed by atoms with E-state index < -0.39 is 32.8 Å². The van der Waals surface area contributed by atoms with Gasteiger partial charge in [0, 0.05) is 5.56 Å². The van der Waals surface area contributed by atoms with Crippen molar-refractivity contribution in [3.63, 3.8) is 0 Å². The molecule has 3 nitrogen and oxygen atoms in total. The highest BCUT2D eigenvalue weighted by Crippen LogP contribution is 2.39. The molecular weight excluding hydrogens is 327 g/mol. The molecule has 0 fully saturated rings. The number of alkyl halides is 5. The molecule has 0 unspecified atom stereocenters. The van der Waals surface area contributed by atoms with E-state index in [1.165, 1.54) is 0 Å². The van der Waals surface area contributed by atoms with Gasteiger partial charge in [-0.25, -0.2) is 4.39 Å². The van der Waals surface area contributed by atoms with Crippen LogP contribution in [0.5, 0.6) is 0 Å². The first-order chi connectivity index (χ1) is 8.71. The van der Waals surface area contributed by atoms with Crippen LogP contribution in [0, 0.1) is 5.82 Å². The number of hydrogen-bond acceptors (Lipinski definition) is 3. The predicted molar refractivity (Wildman–Crippen MR) is 62.9 cm³/mol. The van der Waals surface area contributed by atoms with Gasteiger partial charge in [0.1, 0.15) is 5.82 Å². The maximum absolute atomic E-state index is 14.0. The molecule has 1 aromatic carbocycles. The minimum Gasteiger partial charge on any atom is -0.334 e. The summed E-state index contributed by atoms with van der Waals surface area (Å²) in [7, 11) is 0. The lowest BCUT2D eigenvalue weighted by Crippen LogP contribution is -2.17. The van der Waals surface area contributed by atoms with Crippen LogP contribution < -0.4 is 0 Å². The first-order valence-electron chi connectivity index (χ1n) is 4.76. The van der Waals surface area contributed by atoms with Crippen molar-refractivity contribution < 1.29 is 17.7 Å². The molecule has 1 aromatic heterocycles. The van der Waals surface area contributed by atoms with Gasteiger partial charge in [0.25, 0.3) is 9.68 Å². The predicted octanol–water partition coefficient (Wildman–Crippen LogP) is 4.18. The van der Waals surface area contributed by atoms with E-state index in [0.29, 0.717) is 0 Å². The van der Waals surface area contributed by atoms with Gasteiger partial charge in [0.05, 0.1) is 0 Å². The first-order valence-corrected chi connectivity index (χ1v) is 5.90. The normalized spacial score (nSPS) is 12.7. The minimum atomic E-state index is -3.59. The Bertz CT molecular complexity index is 580. The van der Waals surface area contributed by atoms with Crippen LogP contribution in [0.25, 0.3) is 0 Å². The zero-order valence-electron chi connectivity index (χ0n) is 8.88. The van der Waals surface area contributed by atoms with Crippen molar-refractivity contribution in [3.05, 3.63) is 47.4 Å². The summed E-state index contributed by atoms with van der Waals surface area (Å²) < 4.78 is 43.0. The van der Waals surface area contributed by atoms with E-state index >= 15 is 0 Å². The Morgan fingerprint density at radius 1 is 1.05 bits per heavy atom. The molecule has 0 saturated carbocycles. The Balaban J connectivity index is 2.39. The van der Waals surface area contributed by atoms with E-state index in [1.807, 2.05) is 0 Å². The number of hydrogen-bond donors (Lipinski definition) is 0. The molecule has 0 aliphatic rings. The zero-order chi connectivity index (χ0) is 14.3. The summed E-state index contributed by atoms with van der Waals surface area (Å²) >= 11 is 16.3. The van der Waals surface area contributed by atoms with Gasteiger partial charge in [-0.2, -0.15) is 13.8 Å². The molecule has 0 amide bonds. The second kappa shape index (κ2) is 4.85. The molecule has 2 aromatic rings. The second-order valence-corrected chi connectivity index (χ2v) is 5.78. The lowest BCUT2D eigenvalue weighted by Gasteiger charge is -2.12. The Kier molecular flexibility index (Phi) is 3.68. The van der Waals surface area contributed by atoms with Crippen molar-refractivity contribution in [1.29, 1.82) is 0 Å². The van der Waals surface area contributed by atoms with Crippen LogP contribution in [0.3, 0.4) is 0 Å². The van der Waals surface area contributed by atoms with E-state index in [0.717, 1.165) is 24.3 Å². The lowest BCUT2D eigenvalue weighted by molar-refractivity contribution is 0.0304. The van der Waals surface area contributed by atoms with Gasteiger partial charge in [0.15, 0.2) is 0 Å². The van der Waals surface area contributed by atoms with Crippen molar-refractivity contribution in [1.82, 2.24) is 10.1 Å². The third kappa shape index (κ3) is 2.96. The fourth-order valence-electron chi connectivity index (χ4n) is 1.25. The van der Waals surface area contributed by atoms with Crippen LogP contribution in [0.1, 0.15) is 17.3 Å².